The number of carbonyl (C=O) groups excluding carboxylic acids is 1. The van der Waals surface area contributed by atoms with E-state index in [0.717, 1.165) is 5.56 Å². The third kappa shape index (κ3) is 3.98. The number of nitrogens with one attached hydrogen (secondary N) is 1. The molecule has 0 aliphatic carbocycles. The number of hydrogen-bond donors (Lipinski definition) is 2. The molecule has 2 heterocycles. The minimum Gasteiger partial charge on any atom is -0.481 e. The monoisotopic (exact) mass is 361 g/mol. The number of carboxylic acid groups (broad SMARTS) is 1. The molecule has 9 heteroatoms. The Morgan fingerprint density at radius 1 is 1.42 bits per heavy atom. The van der Waals surface area contributed by atoms with Crippen LogP contribution in [0.15, 0.2) is 30.6 Å². The van der Waals surface area contributed by atoms with Gasteiger partial charge in [0.05, 0.1) is 18.5 Å². The Kier molecular flexibility index (Phi) is 4.88. The molecule has 1 aromatic heterocycles. The van der Waals surface area contributed by atoms with Crippen molar-refractivity contribution < 1.29 is 19.1 Å². The zero-order chi connectivity index (χ0) is 18.7. The van der Waals surface area contributed by atoms with Crippen LogP contribution in [0.1, 0.15) is 24.7 Å². The van der Waals surface area contributed by atoms with Crippen molar-refractivity contribution in [1.82, 2.24) is 25.0 Å². The number of urea groups is 1. The van der Waals surface area contributed by atoms with Gasteiger partial charge in [0.1, 0.15) is 12.1 Å². The summed E-state index contributed by atoms with van der Waals surface area (Å²) in [5.41, 5.74) is -0.141. The highest BCUT2D eigenvalue weighted by Gasteiger charge is 2.42. The second-order valence-corrected chi connectivity index (χ2v) is 6.68. The Labute approximate surface area is 149 Å². The smallest absolute Gasteiger partial charge is 0.317 e. The van der Waals surface area contributed by atoms with Gasteiger partial charge in [-0.2, -0.15) is 5.10 Å². The van der Waals surface area contributed by atoms with E-state index in [9.17, 15) is 19.1 Å². The van der Waals surface area contributed by atoms with E-state index in [1.165, 1.54) is 23.4 Å². The van der Waals surface area contributed by atoms with Crippen LogP contribution in [0.4, 0.5) is 9.18 Å². The van der Waals surface area contributed by atoms with E-state index >= 15 is 0 Å². The minimum atomic E-state index is -0.901. The maximum absolute atomic E-state index is 13.2. The minimum absolute atomic E-state index is 0.134. The maximum atomic E-state index is 13.2. The first-order valence-electron chi connectivity index (χ1n) is 8.25. The Morgan fingerprint density at radius 2 is 2.23 bits per heavy atom. The van der Waals surface area contributed by atoms with E-state index < -0.39 is 11.4 Å². The van der Waals surface area contributed by atoms with E-state index in [1.54, 1.807) is 23.7 Å². The van der Waals surface area contributed by atoms with Gasteiger partial charge in [0.2, 0.25) is 0 Å². The molecule has 1 aromatic carbocycles. The summed E-state index contributed by atoms with van der Waals surface area (Å²) in [5.74, 6) is -0.783. The van der Waals surface area contributed by atoms with Crippen LogP contribution in [-0.4, -0.2) is 49.9 Å². The normalized spacial score (nSPS) is 19.5. The lowest BCUT2D eigenvalue weighted by atomic mass is 9.90. The summed E-state index contributed by atoms with van der Waals surface area (Å²) < 4.78 is 14.8. The number of halogens is 1. The van der Waals surface area contributed by atoms with E-state index in [1.807, 2.05) is 0 Å². The van der Waals surface area contributed by atoms with E-state index in [4.69, 9.17) is 0 Å². The molecule has 1 fully saturated rings. The molecule has 0 bridgehead atoms. The number of amides is 2. The maximum Gasteiger partial charge on any atom is 0.317 e. The molecule has 2 aromatic rings. The van der Waals surface area contributed by atoms with Crippen LogP contribution >= 0.6 is 0 Å². The molecule has 3 rings (SSSR count). The second kappa shape index (κ2) is 7.11. The van der Waals surface area contributed by atoms with E-state index in [2.05, 4.69) is 15.4 Å². The van der Waals surface area contributed by atoms with Crippen molar-refractivity contribution >= 4 is 12.0 Å². The summed E-state index contributed by atoms with van der Waals surface area (Å²) in [5, 5.41) is 16.2. The van der Waals surface area contributed by atoms with Gasteiger partial charge in [-0.15, -0.1) is 0 Å². The van der Waals surface area contributed by atoms with Crippen LogP contribution in [0, 0.1) is 11.2 Å². The summed E-state index contributed by atoms with van der Waals surface area (Å²) in [4.78, 5) is 29.0. The number of hydrogen-bond acceptors (Lipinski definition) is 4. The zero-order valence-corrected chi connectivity index (χ0v) is 14.4. The zero-order valence-electron chi connectivity index (χ0n) is 14.4. The van der Waals surface area contributed by atoms with Gasteiger partial charge in [0, 0.05) is 13.1 Å². The molecular weight excluding hydrogens is 341 g/mol. The van der Waals surface area contributed by atoms with Crippen LogP contribution < -0.4 is 5.32 Å². The molecule has 2 amide bonds. The van der Waals surface area contributed by atoms with Crippen LogP contribution in [0.3, 0.4) is 0 Å². The van der Waals surface area contributed by atoms with E-state index in [0.29, 0.717) is 25.3 Å². The molecule has 8 nitrogen and oxygen atoms in total. The lowest BCUT2D eigenvalue weighted by Crippen LogP contribution is -2.40. The predicted molar refractivity (Wildman–Crippen MR) is 89.7 cm³/mol. The lowest BCUT2D eigenvalue weighted by Gasteiger charge is -2.20. The highest BCUT2D eigenvalue weighted by molar-refractivity contribution is 5.79. The Morgan fingerprint density at radius 3 is 2.92 bits per heavy atom. The van der Waals surface area contributed by atoms with Crippen molar-refractivity contribution in [3.8, 4) is 0 Å². The highest BCUT2D eigenvalue weighted by atomic mass is 19.1. The molecule has 1 atom stereocenters. The molecule has 1 saturated heterocycles. The number of carboxylic acids is 1. The van der Waals surface area contributed by atoms with Gasteiger partial charge in [0.15, 0.2) is 5.82 Å². The van der Waals surface area contributed by atoms with Gasteiger partial charge < -0.3 is 15.3 Å². The standard InChI is InChI=1S/C17H20FN5O3/c1-17(15(24)25)5-6-22(10-17)16(26)19-8-14-20-11-23(21-14)9-12-3-2-4-13(18)7-12/h2-4,7,11H,5-6,8-10H2,1H3,(H,19,26)(H,24,25). The first-order chi connectivity index (χ1) is 12.4. The first-order valence-corrected chi connectivity index (χ1v) is 8.25. The fraction of sp³-hybridized carbons (Fsp3) is 0.412. The lowest BCUT2D eigenvalue weighted by molar-refractivity contribution is -0.147. The molecule has 0 radical (unpaired) electrons. The van der Waals surface area contributed by atoms with E-state index in [-0.39, 0.29) is 24.9 Å². The average Bonchev–Trinajstić information content (AvgIpc) is 3.20. The number of aromatic nitrogens is 3. The topological polar surface area (TPSA) is 100 Å². The fourth-order valence-corrected chi connectivity index (χ4v) is 2.89. The Balaban J connectivity index is 1.52. The predicted octanol–water partition coefficient (Wildman–Crippen LogP) is 1.47. The summed E-state index contributed by atoms with van der Waals surface area (Å²) >= 11 is 0. The molecule has 2 N–H and O–H groups in total. The van der Waals surface area contributed by atoms with Crippen molar-refractivity contribution in [2.24, 2.45) is 5.41 Å². The van der Waals surface area contributed by atoms with Gasteiger partial charge >= 0.3 is 12.0 Å². The van der Waals surface area contributed by atoms with Crippen molar-refractivity contribution in [2.75, 3.05) is 13.1 Å². The summed E-state index contributed by atoms with van der Waals surface area (Å²) in [6, 6.07) is 5.88. The number of aliphatic carboxylic acids is 1. The molecule has 0 spiro atoms. The van der Waals surface area contributed by atoms with Crippen LogP contribution in [0.2, 0.25) is 0 Å². The molecule has 1 aliphatic rings. The first kappa shape index (κ1) is 17.8. The average molecular weight is 361 g/mol. The van der Waals surface area contributed by atoms with Crippen molar-refractivity contribution in [3.05, 3.63) is 47.8 Å². The third-order valence-corrected chi connectivity index (χ3v) is 4.49. The van der Waals surface area contributed by atoms with Crippen molar-refractivity contribution in [2.45, 2.75) is 26.4 Å². The number of likely N-dealkylation sites (tertiary alicyclic amines) is 1. The summed E-state index contributed by atoms with van der Waals surface area (Å²) in [6.45, 7) is 2.72. The molecule has 0 saturated carbocycles. The highest BCUT2D eigenvalue weighted by Crippen LogP contribution is 2.29. The molecule has 1 aliphatic heterocycles. The van der Waals surface area contributed by atoms with Gasteiger partial charge in [-0.05, 0) is 31.0 Å². The fourth-order valence-electron chi connectivity index (χ4n) is 2.89. The molecular formula is C17H20FN5O3. The Hall–Kier alpha value is -2.97. The second-order valence-electron chi connectivity index (χ2n) is 6.68. The molecule has 138 valence electrons. The number of benzene rings is 1. The summed E-state index contributed by atoms with van der Waals surface area (Å²) in [7, 11) is 0. The third-order valence-electron chi connectivity index (χ3n) is 4.49. The van der Waals surface area contributed by atoms with Crippen LogP contribution in [0.5, 0.6) is 0 Å². The number of rotatable bonds is 5. The molecule has 1 unspecified atom stereocenters. The van der Waals surface area contributed by atoms with Gasteiger partial charge in [-0.1, -0.05) is 12.1 Å². The van der Waals surface area contributed by atoms with Gasteiger partial charge in [-0.3, -0.25) is 4.79 Å². The van der Waals surface area contributed by atoms with Gasteiger partial charge in [0.25, 0.3) is 0 Å². The van der Waals surface area contributed by atoms with Crippen LogP contribution in [0.25, 0.3) is 0 Å². The Bertz CT molecular complexity index is 824. The van der Waals surface area contributed by atoms with Crippen molar-refractivity contribution in [1.29, 1.82) is 0 Å². The summed E-state index contributed by atoms with van der Waals surface area (Å²) in [6.07, 6.45) is 1.94. The molecule has 26 heavy (non-hydrogen) atoms. The quantitative estimate of drug-likeness (QED) is 0.840. The van der Waals surface area contributed by atoms with Crippen LogP contribution in [-0.2, 0) is 17.9 Å². The number of carbonyl (C=O) groups is 2. The largest absolute Gasteiger partial charge is 0.481 e. The SMILES string of the molecule is CC1(C(=O)O)CCN(C(=O)NCc2ncn(Cc3cccc(F)c3)n2)C1. The number of nitrogens with zero attached hydrogens (tertiary/aromatic N) is 4. The van der Waals surface area contributed by atoms with Gasteiger partial charge in [-0.25, -0.2) is 18.9 Å². The van der Waals surface area contributed by atoms with Crippen molar-refractivity contribution in [3.63, 3.8) is 0 Å².